The van der Waals surface area contributed by atoms with E-state index in [0.717, 1.165) is 19.3 Å². The third-order valence-corrected chi connectivity index (χ3v) is 6.11. The topological polar surface area (TPSA) is 87.0 Å². The quantitative estimate of drug-likeness (QED) is 0.274. The largest absolute Gasteiger partial charge is 0.382 e. The van der Waals surface area contributed by atoms with Crippen LogP contribution >= 0.6 is 0 Å². The maximum atomic E-state index is 11.6. The Balaban J connectivity index is 1.82. The van der Waals surface area contributed by atoms with Crippen LogP contribution in [-0.4, -0.2) is 45.7 Å². The van der Waals surface area contributed by atoms with Crippen molar-refractivity contribution in [2.75, 3.05) is 0 Å². The summed E-state index contributed by atoms with van der Waals surface area (Å²) in [5.41, 5.74) is 0. The zero-order valence-electron chi connectivity index (χ0n) is 18.7. The molecule has 0 amide bonds. The zero-order valence-corrected chi connectivity index (χ0v) is 18.7. The molecule has 1 saturated heterocycles. The molecule has 0 bridgehead atoms. The molecule has 0 aromatic rings. The summed E-state index contributed by atoms with van der Waals surface area (Å²) < 4.78 is 5.14. The Morgan fingerprint density at radius 2 is 1.00 bits per heavy atom. The van der Waals surface area contributed by atoms with Gasteiger partial charge in [0.2, 0.25) is 0 Å². The van der Waals surface area contributed by atoms with Crippen molar-refractivity contribution in [2.45, 2.75) is 147 Å². The van der Waals surface area contributed by atoms with Crippen LogP contribution in [0.25, 0.3) is 0 Å². The average molecular weight is 415 g/mol. The van der Waals surface area contributed by atoms with Crippen LogP contribution < -0.4 is 0 Å². The number of ketones is 1. The summed E-state index contributed by atoms with van der Waals surface area (Å²) in [6.45, 7) is 2.27. The van der Waals surface area contributed by atoms with Gasteiger partial charge in [-0.3, -0.25) is 4.79 Å². The highest BCUT2D eigenvalue weighted by Crippen LogP contribution is 2.21. The monoisotopic (exact) mass is 414 g/mol. The Morgan fingerprint density at radius 1 is 0.621 bits per heavy atom. The number of ether oxygens (including phenoxy) is 1. The molecule has 0 aliphatic carbocycles. The number of Topliss-reactive ketones (excluding diaryl/α,β-unsaturated/α-hetero) is 1. The average Bonchev–Trinajstić information content (AvgIpc) is 2.72. The third kappa shape index (κ3) is 12.1. The van der Waals surface area contributed by atoms with Crippen molar-refractivity contribution >= 4 is 5.78 Å². The number of rotatable bonds is 18. The van der Waals surface area contributed by atoms with E-state index in [9.17, 15) is 20.1 Å². The standard InChI is InChI=1S/C24H46O5/c1-2-3-4-5-6-7-8-9-10-11-12-13-14-15-16-17-18-19-20-21(25)22(26)23(27)24(28)29-20/h20-21,23-25,27-28H,2-19H2,1H3/t20-,21+,23+,24-/m0/s1. The molecule has 1 rings (SSSR count). The van der Waals surface area contributed by atoms with Crippen LogP contribution in [-0.2, 0) is 9.53 Å². The van der Waals surface area contributed by atoms with Crippen molar-refractivity contribution in [3.05, 3.63) is 0 Å². The lowest BCUT2D eigenvalue weighted by atomic mass is 9.96. The summed E-state index contributed by atoms with van der Waals surface area (Å²) in [6, 6.07) is 0. The van der Waals surface area contributed by atoms with E-state index in [1.165, 1.54) is 89.9 Å². The van der Waals surface area contributed by atoms with E-state index < -0.39 is 30.4 Å². The molecule has 4 atom stereocenters. The second kappa shape index (κ2) is 17.2. The van der Waals surface area contributed by atoms with E-state index in [-0.39, 0.29) is 0 Å². The van der Waals surface area contributed by atoms with Crippen LogP contribution in [0.5, 0.6) is 0 Å². The Morgan fingerprint density at radius 3 is 1.41 bits per heavy atom. The number of carbonyl (C=O) groups is 1. The molecule has 1 aliphatic rings. The van der Waals surface area contributed by atoms with Crippen molar-refractivity contribution in [3.8, 4) is 0 Å². The molecule has 1 aliphatic heterocycles. The van der Waals surface area contributed by atoms with E-state index in [2.05, 4.69) is 6.92 Å². The van der Waals surface area contributed by atoms with Crippen molar-refractivity contribution in [3.63, 3.8) is 0 Å². The van der Waals surface area contributed by atoms with Gasteiger partial charge >= 0.3 is 0 Å². The smallest absolute Gasteiger partial charge is 0.197 e. The predicted molar refractivity (Wildman–Crippen MR) is 117 cm³/mol. The molecule has 0 saturated carbocycles. The van der Waals surface area contributed by atoms with Gasteiger partial charge < -0.3 is 20.1 Å². The third-order valence-electron chi connectivity index (χ3n) is 6.11. The lowest BCUT2D eigenvalue weighted by Gasteiger charge is -2.33. The molecule has 5 heteroatoms. The lowest BCUT2D eigenvalue weighted by Crippen LogP contribution is -2.54. The van der Waals surface area contributed by atoms with Gasteiger partial charge in [0.1, 0.15) is 6.10 Å². The van der Waals surface area contributed by atoms with Crippen LogP contribution in [0.1, 0.15) is 122 Å². The number of unbranched alkanes of at least 4 members (excludes halogenated alkanes) is 16. The Hall–Kier alpha value is -0.490. The molecular weight excluding hydrogens is 368 g/mol. The second-order valence-electron chi connectivity index (χ2n) is 8.80. The fraction of sp³-hybridized carbons (Fsp3) is 0.958. The highest BCUT2D eigenvalue weighted by Gasteiger charge is 2.42. The van der Waals surface area contributed by atoms with Crippen molar-refractivity contribution in [2.24, 2.45) is 0 Å². The number of aliphatic hydroxyl groups excluding tert-OH is 3. The molecule has 0 aromatic heterocycles. The number of hydrogen-bond donors (Lipinski definition) is 3. The summed E-state index contributed by atoms with van der Waals surface area (Å²) in [6.07, 6.45) is 17.6. The molecule has 172 valence electrons. The minimum atomic E-state index is -1.63. The van der Waals surface area contributed by atoms with Crippen molar-refractivity contribution in [1.82, 2.24) is 0 Å². The maximum Gasteiger partial charge on any atom is 0.197 e. The van der Waals surface area contributed by atoms with E-state index >= 15 is 0 Å². The van der Waals surface area contributed by atoms with Crippen molar-refractivity contribution < 1.29 is 24.9 Å². The molecule has 5 nitrogen and oxygen atoms in total. The number of hydrogen-bond acceptors (Lipinski definition) is 5. The predicted octanol–water partition coefficient (Wildman–Crippen LogP) is 5.04. The molecule has 0 radical (unpaired) electrons. The van der Waals surface area contributed by atoms with E-state index in [0.29, 0.717) is 6.42 Å². The van der Waals surface area contributed by atoms with Crippen molar-refractivity contribution in [1.29, 1.82) is 0 Å². The molecule has 0 unspecified atom stereocenters. The minimum absolute atomic E-state index is 0.537. The first-order chi connectivity index (χ1) is 14.1. The van der Waals surface area contributed by atoms with Gasteiger partial charge in [-0.15, -0.1) is 0 Å². The van der Waals surface area contributed by atoms with Gasteiger partial charge in [-0.05, 0) is 6.42 Å². The summed E-state index contributed by atoms with van der Waals surface area (Å²) >= 11 is 0. The molecule has 1 fully saturated rings. The first-order valence-electron chi connectivity index (χ1n) is 12.3. The fourth-order valence-corrected chi connectivity index (χ4v) is 4.12. The van der Waals surface area contributed by atoms with Gasteiger partial charge in [-0.2, -0.15) is 0 Å². The fourth-order valence-electron chi connectivity index (χ4n) is 4.12. The van der Waals surface area contributed by atoms with Crippen LogP contribution in [0.4, 0.5) is 0 Å². The summed E-state index contributed by atoms with van der Waals surface area (Å²) in [5, 5.41) is 28.7. The van der Waals surface area contributed by atoms with Gasteiger partial charge in [-0.1, -0.05) is 116 Å². The Labute approximate surface area is 178 Å². The number of carbonyl (C=O) groups excluding carboxylic acids is 1. The minimum Gasteiger partial charge on any atom is -0.382 e. The highest BCUT2D eigenvalue weighted by molar-refractivity contribution is 5.88. The van der Waals surface area contributed by atoms with Crippen LogP contribution in [0.15, 0.2) is 0 Å². The van der Waals surface area contributed by atoms with Gasteiger partial charge in [0.25, 0.3) is 0 Å². The molecule has 0 aromatic carbocycles. The lowest BCUT2D eigenvalue weighted by molar-refractivity contribution is -0.234. The second-order valence-corrected chi connectivity index (χ2v) is 8.80. The first kappa shape index (κ1) is 26.5. The van der Waals surface area contributed by atoms with Gasteiger partial charge in [0, 0.05) is 0 Å². The van der Waals surface area contributed by atoms with Crippen LogP contribution in [0.2, 0.25) is 0 Å². The summed E-state index contributed by atoms with van der Waals surface area (Å²) in [5.74, 6) is -0.735. The Bertz CT molecular complexity index is 401. The maximum absolute atomic E-state index is 11.6. The first-order valence-corrected chi connectivity index (χ1v) is 12.3. The number of aliphatic hydroxyl groups is 3. The van der Waals surface area contributed by atoms with Gasteiger partial charge in [0.05, 0.1) is 6.10 Å². The SMILES string of the molecule is CCCCCCCCCCCCCCCCCCC[C@@H]1O[C@H](O)[C@H](O)C(=O)[C@@H]1O. The van der Waals surface area contributed by atoms with Crippen LogP contribution in [0, 0.1) is 0 Å². The zero-order chi connectivity index (χ0) is 21.3. The molecule has 29 heavy (non-hydrogen) atoms. The molecule has 1 heterocycles. The van der Waals surface area contributed by atoms with Crippen LogP contribution in [0.3, 0.4) is 0 Å². The summed E-state index contributed by atoms with van der Waals surface area (Å²) in [4.78, 5) is 11.6. The highest BCUT2D eigenvalue weighted by atomic mass is 16.6. The van der Waals surface area contributed by atoms with Gasteiger partial charge in [0.15, 0.2) is 18.2 Å². The van der Waals surface area contributed by atoms with E-state index in [1.54, 1.807) is 0 Å². The Kier molecular flexibility index (Phi) is 15.8. The normalized spacial score (nSPS) is 24.9. The molecular formula is C24H46O5. The summed E-state index contributed by atoms with van der Waals surface area (Å²) in [7, 11) is 0. The van der Waals surface area contributed by atoms with Gasteiger partial charge in [-0.25, -0.2) is 0 Å². The molecule has 0 spiro atoms. The van der Waals surface area contributed by atoms with E-state index in [4.69, 9.17) is 4.74 Å². The van der Waals surface area contributed by atoms with E-state index in [1.807, 2.05) is 0 Å². The molecule has 3 N–H and O–H groups in total.